The second-order valence-corrected chi connectivity index (χ2v) is 10.3. The Kier molecular flexibility index (Phi) is 6.14. The molecule has 216 valence electrons. The Labute approximate surface area is 244 Å². The molecule has 0 spiro atoms. The summed E-state index contributed by atoms with van der Waals surface area (Å²) in [6, 6.07) is 8.10. The molecule has 1 saturated heterocycles. The zero-order valence-electron chi connectivity index (χ0n) is 23.0. The number of benzene rings is 2. The first-order valence-corrected chi connectivity index (χ1v) is 13.4. The number of hydrogen-bond donors (Lipinski definition) is 2. The number of aromatic hydroxyl groups is 1. The molecular formula is C31H24F2N6O4. The third-order valence-corrected chi connectivity index (χ3v) is 7.95. The number of anilines is 2. The Morgan fingerprint density at radius 2 is 2.00 bits per heavy atom. The van der Waals surface area contributed by atoms with Gasteiger partial charge in [0.05, 0.1) is 38.0 Å². The Hall–Kier alpha value is -5.28. The first-order valence-electron chi connectivity index (χ1n) is 13.4. The number of fused-ring (bicyclic) bond motifs is 2. The number of pyridine rings is 2. The SMILES string of the molecule is C#Cc1c(F)ccc2cc(O)cc(-c3nc4c5c(nc(OC)nc5c3F)N(C(C)c3cccnc3N)C3COCC3O4)c12. The number of hydrogen-bond acceptors (Lipinski definition) is 10. The highest BCUT2D eigenvalue weighted by Crippen LogP contribution is 2.46. The molecule has 0 amide bonds. The van der Waals surface area contributed by atoms with E-state index in [1.54, 1.807) is 12.3 Å². The number of terminal acetylenes is 1. The predicted octanol–water partition coefficient (Wildman–Crippen LogP) is 4.52. The molecule has 0 radical (unpaired) electrons. The van der Waals surface area contributed by atoms with Crippen LogP contribution in [0.2, 0.25) is 0 Å². The zero-order valence-corrected chi connectivity index (χ0v) is 23.0. The van der Waals surface area contributed by atoms with Gasteiger partial charge in [0.1, 0.15) is 45.9 Å². The summed E-state index contributed by atoms with van der Waals surface area (Å²) in [5, 5.41) is 11.4. The van der Waals surface area contributed by atoms with Crippen molar-refractivity contribution in [2.24, 2.45) is 0 Å². The van der Waals surface area contributed by atoms with Gasteiger partial charge in [-0.1, -0.05) is 18.1 Å². The average molecular weight is 583 g/mol. The topological polar surface area (TPSA) is 129 Å². The maximum absolute atomic E-state index is 16.8. The highest BCUT2D eigenvalue weighted by molar-refractivity contribution is 6.04. The van der Waals surface area contributed by atoms with Gasteiger partial charge in [-0.2, -0.15) is 9.97 Å². The summed E-state index contributed by atoms with van der Waals surface area (Å²) in [5.41, 5.74) is 6.57. The summed E-state index contributed by atoms with van der Waals surface area (Å²) in [6.45, 7) is 2.45. The van der Waals surface area contributed by atoms with Crippen molar-refractivity contribution in [1.29, 1.82) is 0 Å². The summed E-state index contributed by atoms with van der Waals surface area (Å²) >= 11 is 0. The molecular weight excluding hydrogens is 558 g/mol. The molecule has 3 aromatic heterocycles. The van der Waals surface area contributed by atoms with E-state index in [-0.39, 0.29) is 70.0 Å². The fourth-order valence-corrected chi connectivity index (χ4v) is 6.00. The molecule has 0 aliphatic carbocycles. The number of methoxy groups -OCH3 is 1. The molecule has 5 aromatic rings. The van der Waals surface area contributed by atoms with Gasteiger partial charge >= 0.3 is 6.01 Å². The minimum Gasteiger partial charge on any atom is -0.508 e. The van der Waals surface area contributed by atoms with Crippen LogP contribution in [-0.4, -0.2) is 57.5 Å². The van der Waals surface area contributed by atoms with E-state index in [4.69, 9.17) is 26.4 Å². The highest BCUT2D eigenvalue weighted by atomic mass is 19.1. The van der Waals surface area contributed by atoms with Crippen LogP contribution in [0, 0.1) is 24.0 Å². The monoisotopic (exact) mass is 582 g/mol. The van der Waals surface area contributed by atoms with Gasteiger partial charge in [-0.25, -0.2) is 18.7 Å². The number of nitrogens with two attached hydrogens (primary N) is 1. The Balaban J connectivity index is 1.56. The van der Waals surface area contributed by atoms with Gasteiger partial charge in [-0.3, -0.25) is 0 Å². The second kappa shape index (κ2) is 9.92. The van der Waals surface area contributed by atoms with Gasteiger partial charge in [-0.15, -0.1) is 6.42 Å². The van der Waals surface area contributed by atoms with Crippen LogP contribution >= 0.6 is 0 Å². The van der Waals surface area contributed by atoms with Crippen molar-refractivity contribution in [3.63, 3.8) is 0 Å². The Bertz CT molecular complexity index is 2000. The van der Waals surface area contributed by atoms with E-state index in [0.717, 1.165) is 5.56 Å². The van der Waals surface area contributed by atoms with E-state index in [1.165, 1.54) is 31.4 Å². The van der Waals surface area contributed by atoms with Crippen LogP contribution in [0.25, 0.3) is 32.9 Å². The molecule has 43 heavy (non-hydrogen) atoms. The van der Waals surface area contributed by atoms with Gasteiger partial charge in [0.25, 0.3) is 0 Å². The van der Waals surface area contributed by atoms with Crippen LogP contribution in [-0.2, 0) is 4.74 Å². The van der Waals surface area contributed by atoms with Crippen LogP contribution in [0.1, 0.15) is 24.1 Å². The lowest BCUT2D eigenvalue weighted by Gasteiger charge is -2.36. The molecule has 2 aliphatic heterocycles. The fraction of sp³-hybridized carbons (Fsp3) is 0.226. The summed E-state index contributed by atoms with van der Waals surface area (Å²) in [4.78, 5) is 19.8. The number of rotatable bonds is 4. The zero-order chi connectivity index (χ0) is 30.0. The van der Waals surface area contributed by atoms with Crippen molar-refractivity contribution in [3.8, 4) is 41.2 Å². The Morgan fingerprint density at radius 3 is 2.77 bits per heavy atom. The van der Waals surface area contributed by atoms with Crippen LogP contribution in [0.4, 0.5) is 20.4 Å². The Morgan fingerprint density at radius 1 is 1.16 bits per heavy atom. The number of halogens is 2. The largest absolute Gasteiger partial charge is 0.508 e. The van der Waals surface area contributed by atoms with E-state index in [0.29, 0.717) is 17.0 Å². The molecule has 0 bridgehead atoms. The van der Waals surface area contributed by atoms with Crippen molar-refractivity contribution in [2.45, 2.75) is 25.1 Å². The number of ether oxygens (including phenoxy) is 3. The molecule has 3 N–H and O–H groups in total. The van der Waals surface area contributed by atoms with Gasteiger partial charge in [0.15, 0.2) is 5.82 Å². The maximum Gasteiger partial charge on any atom is 0.318 e. The summed E-state index contributed by atoms with van der Waals surface area (Å²) in [5.74, 6) is 1.30. The molecule has 2 aliphatic rings. The third kappa shape index (κ3) is 4.04. The summed E-state index contributed by atoms with van der Waals surface area (Å²) in [7, 11) is 1.38. The van der Waals surface area contributed by atoms with Crippen molar-refractivity contribution < 1.29 is 28.1 Å². The van der Waals surface area contributed by atoms with Gasteiger partial charge in [0.2, 0.25) is 5.88 Å². The smallest absolute Gasteiger partial charge is 0.318 e. The highest BCUT2D eigenvalue weighted by Gasteiger charge is 2.44. The lowest BCUT2D eigenvalue weighted by Crippen LogP contribution is -2.46. The maximum atomic E-state index is 16.8. The minimum atomic E-state index is -0.861. The van der Waals surface area contributed by atoms with E-state index in [9.17, 15) is 9.50 Å². The number of nitrogen functional groups attached to an aromatic ring is 1. The molecule has 0 saturated carbocycles. The summed E-state index contributed by atoms with van der Waals surface area (Å²) < 4.78 is 49.3. The van der Waals surface area contributed by atoms with E-state index in [2.05, 4.69) is 25.9 Å². The molecule has 2 aromatic carbocycles. The van der Waals surface area contributed by atoms with E-state index < -0.39 is 23.8 Å². The molecule has 3 atom stereocenters. The molecule has 12 heteroatoms. The number of aromatic nitrogens is 4. The number of nitrogens with zero attached hydrogens (tertiary/aromatic N) is 5. The van der Waals surface area contributed by atoms with Crippen molar-refractivity contribution >= 4 is 33.3 Å². The van der Waals surface area contributed by atoms with E-state index >= 15 is 4.39 Å². The lowest BCUT2D eigenvalue weighted by atomic mass is 9.95. The van der Waals surface area contributed by atoms with Crippen molar-refractivity contribution in [2.75, 3.05) is 31.0 Å². The van der Waals surface area contributed by atoms with Crippen LogP contribution in [0.5, 0.6) is 17.6 Å². The van der Waals surface area contributed by atoms with Crippen molar-refractivity contribution in [1.82, 2.24) is 19.9 Å². The molecule has 7 rings (SSSR count). The molecule has 10 nitrogen and oxygen atoms in total. The quantitative estimate of drug-likeness (QED) is 0.292. The average Bonchev–Trinajstić information content (AvgIpc) is 3.40. The van der Waals surface area contributed by atoms with Gasteiger partial charge in [0, 0.05) is 22.7 Å². The van der Waals surface area contributed by atoms with E-state index in [1.807, 2.05) is 17.9 Å². The van der Waals surface area contributed by atoms with Gasteiger partial charge < -0.3 is 30.0 Å². The molecule has 1 fully saturated rings. The lowest BCUT2D eigenvalue weighted by molar-refractivity contribution is 0.138. The van der Waals surface area contributed by atoms with Crippen LogP contribution in [0.15, 0.2) is 42.6 Å². The minimum absolute atomic E-state index is 0.0357. The van der Waals surface area contributed by atoms with Crippen molar-refractivity contribution in [3.05, 3.63) is 65.4 Å². The third-order valence-electron chi connectivity index (χ3n) is 7.95. The number of phenolic OH excluding ortho intramolecular Hbond substituents is 1. The fourth-order valence-electron chi connectivity index (χ4n) is 6.00. The second-order valence-electron chi connectivity index (χ2n) is 10.3. The standard InChI is InChI=1S/C31H24F2N6O4/c1-4-17-20(32)8-7-15-10-16(40)11-19(23(15)17)26-25(33)27-24-29(38-31(37-27)41-3)39(14(2)18-6-5-9-35-28(18)34)21-12-42-13-22(21)43-30(24)36-26/h1,5-11,14,21-22,40H,12-13H2,2-3H3,(H2,34,35). The summed E-state index contributed by atoms with van der Waals surface area (Å²) in [6.07, 6.45) is 6.74. The first-order chi connectivity index (χ1) is 20.8. The molecule has 3 unspecified atom stereocenters. The normalized spacial score (nSPS) is 18.2. The van der Waals surface area contributed by atoms with Gasteiger partial charge in [-0.05, 0) is 36.6 Å². The van der Waals surface area contributed by atoms with Crippen LogP contribution < -0.4 is 20.1 Å². The first kappa shape index (κ1) is 26.6. The van der Waals surface area contributed by atoms with Crippen LogP contribution in [0.3, 0.4) is 0 Å². The predicted molar refractivity (Wildman–Crippen MR) is 155 cm³/mol. The molecule has 5 heterocycles. The number of phenols is 1.